The SMILES string of the molecule is CCc1c(C)c2ccc(NC(=O)Cn3cnc4c3c(=O)n(C)c(=O)n4C)cc2[nH]c1=O. The number of benzene rings is 1. The topological polar surface area (TPSA) is 124 Å². The zero-order valence-corrected chi connectivity index (χ0v) is 17.6. The maximum absolute atomic E-state index is 12.6. The molecule has 160 valence electrons. The van der Waals surface area contributed by atoms with Gasteiger partial charge in [0.1, 0.15) is 6.54 Å². The zero-order valence-electron chi connectivity index (χ0n) is 17.6. The summed E-state index contributed by atoms with van der Waals surface area (Å²) in [5, 5.41) is 3.69. The van der Waals surface area contributed by atoms with E-state index in [2.05, 4.69) is 15.3 Å². The van der Waals surface area contributed by atoms with E-state index in [1.54, 1.807) is 12.1 Å². The van der Waals surface area contributed by atoms with Crippen LogP contribution in [0.4, 0.5) is 5.69 Å². The van der Waals surface area contributed by atoms with Crippen LogP contribution in [0.5, 0.6) is 0 Å². The fourth-order valence-electron chi connectivity index (χ4n) is 3.88. The van der Waals surface area contributed by atoms with Gasteiger partial charge in [0.15, 0.2) is 11.2 Å². The van der Waals surface area contributed by atoms with Crippen LogP contribution in [-0.2, 0) is 31.9 Å². The lowest BCUT2D eigenvalue weighted by Crippen LogP contribution is -2.37. The maximum atomic E-state index is 12.6. The molecule has 3 aromatic heterocycles. The van der Waals surface area contributed by atoms with Crippen LogP contribution >= 0.6 is 0 Å². The van der Waals surface area contributed by atoms with E-state index in [4.69, 9.17) is 0 Å². The molecule has 0 aliphatic carbocycles. The van der Waals surface area contributed by atoms with Crippen LogP contribution in [0.25, 0.3) is 22.1 Å². The number of hydrogen-bond donors (Lipinski definition) is 2. The standard InChI is InChI=1S/C21H22N6O4/c1-5-13-11(2)14-7-6-12(8-15(14)24-19(13)29)23-16(28)9-27-10-22-18-17(27)20(30)26(4)21(31)25(18)3/h6-8,10H,5,9H2,1-4H3,(H,23,28)(H,24,29). The van der Waals surface area contributed by atoms with Crippen molar-refractivity contribution in [1.29, 1.82) is 0 Å². The van der Waals surface area contributed by atoms with Gasteiger partial charge in [0.05, 0.1) is 11.8 Å². The van der Waals surface area contributed by atoms with Crippen molar-refractivity contribution in [2.75, 3.05) is 5.32 Å². The number of carbonyl (C=O) groups is 1. The molecule has 3 heterocycles. The van der Waals surface area contributed by atoms with Gasteiger partial charge in [-0.1, -0.05) is 13.0 Å². The predicted octanol–water partition coefficient (Wildman–Crippen LogP) is 0.785. The Kier molecular flexibility index (Phi) is 4.84. The fourth-order valence-corrected chi connectivity index (χ4v) is 3.88. The smallest absolute Gasteiger partial charge is 0.324 e. The van der Waals surface area contributed by atoms with Gasteiger partial charge in [-0.2, -0.15) is 0 Å². The second kappa shape index (κ2) is 7.38. The van der Waals surface area contributed by atoms with Crippen molar-refractivity contribution < 1.29 is 4.79 Å². The molecule has 0 aliphatic rings. The second-order valence-corrected chi connectivity index (χ2v) is 7.47. The zero-order chi connectivity index (χ0) is 22.4. The van der Waals surface area contributed by atoms with Crippen molar-refractivity contribution in [3.63, 3.8) is 0 Å². The predicted molar refractivity (Wildman–Crippen MR) is 118 cm³/mol. The van der Waals surface area contributed by atoms with Crippen LogP contribution in [0.1, 0.15) is 18.1 Å². The largest absolute Gasteiger partial charge is 0.332 e. The second-order valence-electron chi connectivity index (χ2n) is 7.47. The summed E-state index contributed by atoms with van der Waals surface area (Å²) < 4.78 is 3.65. The Hall–Kier alpha value is -3.95. The number of rotatable bonds is 4. The number of amides is 1. The van der Waals surface area contributed by atoms with Crippen molar-refractivity contribution >= 4 is 33.7 Å². The molecule has 1 amide bonds. The van der Waals surface area contributed by atoms with Gasteiger partial charge in [-0.15, -0.1) is 0 Å². The molecule has 31 heavy (non-hydrogen) atoms. The van der Waals surface area contributed by atoms with Crippen molar-refractivity contribution in [2.24, 2.45) is 14.1 Å². The van der Waals surface area contributed by atoms with E-state index in [0.29, 0.717) is 17.6 Å². The first-order valence-corrected chi connectivity index (χ1v) is 9.79. The first-order chi connectivity index (χ1) is 14.7. The molecule has 0 spiro atoms. The van der Waals surface area contributed by atoms with Gasteiger partial charge in [-0.25, -0.2) is 9.78 Å². The number of hydrogen-bond acceptors (Lipinski definition) is 5. The molecule has 0 atom stereocenters. The summed E-state index contributed by atoms with van der Waals surface area (Å²) in [5.74, 6) is -0.376. The number of aromatic amines is 1. The highest BCUT2D eigenvalue weighted by atomic mass is 16.2. The quantitative estimate of drug-likeness (QED) is 0.503. The lowest BCUT2D eigenvalue weighted by atomic mass is 10.0. The van der Waals surface area contributed by atoms with Crippen molar-refractivity contribution in [1.82, 2.24) is 23.7 Å². The third kappa shape index (κ3) is 3.25. The molecule has 0 fully saturated rings. The Bertz CT molecular complexity index is 1540. The molecule has 0 aliphatic heterocycles. The summed E-state index contributed by atoms with van der Waals surface area (Å²) in [6.07, 6.45) is 2.00. The summed E-state index contributed by atoms with van der Waals surface area (Å²) in [4.78, 5) is 56.4. The fraction of sp³-hybridized carbons (Fsp3) is 0.286. The van der Waals surface area contributed by atoms with Crippen LogP contribution in [0.15, 0.2) is 38.9 Å². The Morgan fingerprint density at radius 3 is 2.61 bits per heavy atom. The molecule has 0 bridgehead atoms. The highest BCUT2D eigenvalue weighted by molar-refractivity contribution is 5.94. The van der Waals surface area contributed by atoms with Crippen molar-refractivity contribution in [3.8, 4) is 0 Å². The molecule has 0 saturated heterocycles. The molecule has 0 unspecified atom stereocenters. The minimum Gasteiger partial charge on any atom is -0.324 e. The number of H-pyrrole nitrogens is 1. The van der Waals surface area contributed by atoms with E-state index in [0.717, 1.165) is 21.1 Å². The van der Waals surface area contributed by atoms with E-state index in [1.165, 1.54) is 29.6 Å². The van der Waals surface area contributed by atoms with Gasteiger partial charge in [0, 0.05) is 30.7 Å². The minimum atomic E-state index is -0.520. The van der Waals surface area contributed by atoms with E-state index in [1.807, 2.05) is 19.9 Å². The highest BCUT2D eigenvalue weighted by Gasteiger charge is 2.16. The number of anilines is 1. The van der Waals surface area contributed by atoms with Crippen LogP contribution in [-0.4, -0.2) is 29.6 Å². The van der Waals surface area contributed by atoms with Crippen LogP contribution in [0.2, 0.25) is 0 Å². The summed E-state index contributed by atoms with van der Waals surface area (Å²) in [7, 11) is 2.90. The molecule has 2 N–H and O–H groups in total. The number of aromatic nitrogens is 5. The summed E-state index contributed by atoms with van der Waals surface area (Å²) in [6, 6.07) is 5.32. The number of imidazole rings is 1. The molecule has 0 saturated carbocycles. The van der Waals surface area contributed by atoms with E-state index < -0.39 is 11.2 Å². The Morgan fingerprint density at radius 1 is 1.16 bits per heavy atom. The Labute approximate surface area is 175 Å². The molecule has 1 aromatic carbocycles. The molecule has 10 heteroatoms. The molecule has 4 rings (SSSR count). The van der Waals surface area contributed by atoms with Crippen LogP contribution < -0.4 is 22.1 Å². The number of aryl methyl sites for hydroxylation is 2. The summed E-state index contributed by atoms with van der Waals surface area (Å²) in [5.41, 5.74) is 2.06. The van der Waals surface area contributed by atoms with Gasteiger partial charge in [0.25, 0.3) is 11.1 Å². The summed E-state index contributed by atoms with van der Waals surface area (Å²) >= 11 is 0. The number of nitrogens with one attached hydrogen (secondary N) is 2. The van der Waals surface area contributed by atoms with E-state index in [9.17, 15) is 19.2 Å². The molecule has 4 aromatic rings. The van der Waals surface area contributed by atoms with Gasteiger partial charge < -0.3 is 14.9 Å². The molecule has 0 radical (unpaired) electrons. The highest BCUT2D eigenvalue weighted by Crippen LogP contribution is 2.21. The first kappa shape index (κ1) is 20.3. The number of nitrogens with zero attached hydrogens (tertiary/aromatic N) is 4. The van der Waals surface area contributed by atoms with Gasteiger partial charge >= 0.3 is 5.69 Å². The van der Waals surface area contributed by atoms with Crippen LogP contribution in [0, 0.1) is 6.92 Å². The van der Waals surface area contributed by atoms with Gasteiger partial charge in [-0.05, 0) is 31.0 Å². The minimum absolute atomic E-state index is 0.137. The molecular weight excluding hydrogens is 400 g/mol. The Morgan fingerprint density at radius 2 is 1.90 bits per heavy atom. The average Bonchev–Trinajstić information content (AvgIpc) is 3.14. The van der Waals surface area contributed by atoms with Gasteiger partial charge in [-0.3, -0.25) is 23.5 Å². The lowest BCUT2D eigenvalue weighted by molar-refractivity contribution is -0.116. The van der Waals surface area contributed by atoms with Crippen LogP contribution in [0.3, 0.4) is 0 Å². The normalized spacial score (nSPS) is 11.4. The number of fused-ring (bicyclic) bond motifs is 2. The van der Waals surface area contributed by atoms with E-state index >= 15 is 0 Å². The molecular formula is C21H22N6O4. The first-order valence-electron chi connectivity index (χ1n) is 9.79. The lowest BCUT2D eigenvalue weighted by Gasteiger charge is -2.11. The molecule has 10 nitrogen and oxygen atoms in total. The van der Waals surface area contributed by atoms with Crippen molar-refractivity contribution in [2.45, 2.75) is 26.8 Å². The number of carbonyl (C=O) groups excluding carboxylic acids is 1. The third-order valence-electron chi connectivity index (χ3n) is 5.57. The monoisotopic (exact) mass is 422 g/mol. The Balaban J connectivity index is 1.65. The third-order valence-corrected chi connectivity index (χ3v) is 5.57. The van der Waals surface area contributed by atoms with Crippen molar-refractivity contribution in [3.05, 3.63) is 66.8 Å². The summed E-state index contributed by atoms with van der Waals surface area (Å²) in [6.45, 7) is 3.68. The van der Waals surface area contributed by atoms with E-state index in [-0.39, 0.29) is 29.2 Å². The number of pyridine rings is 1. The average molecular weight is 422 g/mol. The van der Waals surface area contributed by atoms with Gasteiger partial charge in [0.2, 0.25) is 5.91 Å². The maximum Gasteiger partial charge on any atom is 0.332 e.